The summed E-state index contributed by atoms with van der Waals surface area (Å²) in [6.07, 6.45) is 3.13. The van der Waals surface area contributed by atoms with Crippen molar-refractivity contribution in [3.05, 3.63) is 12.7 Å². The summed E-state index contributed by atoms with van der Waals surface area (Å²) < 4.78 is 6.75. The van der Waals surface area contributed by atoms with Crippen LogP contribution in [0.2, 0.25) is 0 Å². The van der Waals surface area contributed by atoms with Gasteiger partial charge in [0.05, 0.1) is 6.10 Å². The predicted octanol–water partition coefficient (Wildman–Crippen LogP) is -1.01. The lowest BCUT2D eigenvalue weighted by molar-refractivity contribution is -0.0176. The second kappa shape index (κ2) is 5.22. The van der Waals surface area contributed by atoms with Crippen LogP contribution in [0.25, 0.3) is 5.95 Å². The highest BCUT2D eigenvalue weighted by Gasteiger charge is 2.39. The fourth-order valence-corrected chi connectivity index (χ4v) is 2.11. The SMILES string of the molecule is CC1OCCC1(O)CNc1nc(N)nc(-n2cncn2)n1. The minimum atomic E-state index is -0.950. The highest BCUT2D eigenvalue weighted by Crippen LogP contribution is 2.25. The Balaban J connectivity index is 1.77. The first-order valence-electron chi connectivity index (χ1n) is 6.51. The number of ether oxygens (including phenoxy) is 1. The van der Waals surface area contributed by atoms with Crippen LogP contribution in [-0.4, -0.2) is 59.7 Å². The van der Waals surface area contributed by atoms with E-state index >= 15 is 0 Å². The van der Waals surface area contributed by atoms with Gasteiger partial charge in [-0.2, -0.15) is 24.7 Å². The molecule has 3 rings (SSSR count). The Morgan fingerprint density at radius 3 is 3.05 bits per heavy atom. The average molecular weight is 292 g/mol. The van der Waals surface area contributed by atoms with E-state index in [9.17, 15) is 5.11 Å². The molecule has 2 aromatic heterocycles. The number of nitrogens with two attached hydrogens (primary N) is 1. The third-order valence-corrected chi connectivity index (χ3v) is 3.48. The van der Waals surface area contributed by atoms with E-state index in [1.165, 1.54) is 17.3 Å². The Hall–Kier alpha value is -2.33. The van der Waals surface area contributed by atoms with Crippen molar-refractivity contribution < 1.29 is 9.84 Å². The van der Waals surface area contributed by atoms with E-state index in [-0.39, 0.29) is 30.5 Å². The van der Waals surface area contributed by atoms with Crippen molar-refractivity contribution in [1.29, 1.82) is 0 Å². The minimum absolute atomic E-state index is 0.0562. The van der Waals surface area contributed by atoms with Gasteiger partial charge in [-0.3, -0.25) is 0 Å². The van der Waals surface area contributed by atoms with Crippen LogP contribution >= 0.6 is 0 Å². The molecule has 4 N–H and O–H groups in total. The van der Waals surface area contributed by atoms with Gasteiger partial charge in [0.2, 0.25) is 11.9 Å². The molecule has 21 heavy (non-hydrogen) atoms. The maximum Gasteiger partial charge on any atom is 0.258 e. The van der Waals surface area contributed by atoms with Gasteiger partial charge >= 0.3 is 0 Å². The fraction of sp³-hybridized carbons (Fsp3) is 0.545. The lowest BCUT2D eigenvalue weighted by Gasteiger charge is -2.26. The maximum absolute atomic E-state index is 10.4. The molecule has 1 aliphatic rings. The summed E-state index contributed by atoms with van der Waals surface area (Å²) in [5, 5.41) is 17.3. The third kappa shape index (κ3) is 2.76. The van der Waals surface area contributed by atoms with Gasteiger partial charge in [-0.15, -0.1) is 0 Å². The molecular formula is C11H16N8O2. The standard InChI is InChI=1S/C11H16N8O2/c1-7-11(20,2-3-21-7)4-14-9-16-8(12)17-10(18-9)19-6-13-5-15-19/h5-7,20H,2-4H2,1H3,(H3,12,14,16,17,18). The van der Waals surface area contributed by atoms with Crippen LogP contribution < -0.4 is 11.1 Å². The van der Waals surface area contributed by atoms with E-state index in [2.05, 4.69) is 30.4 Å². The maximum atomic E-state index is 10.4. The van der Waals surface area contributed by atoms with E-state index in [1.807, 2.05) is 6.92 Å². The molecular weight excluding hydrogens is 276 g/mol. The number of rotatable bonds is 4. The van der Waals surface area contributed by atoms with E-state index in [4.69, 9.17) is 10.5 Å². The molecule has 3 heterocycles. The predicted molar refractivity (Wildman–Crippen MR) is 72.6 cm³/mol. The molecule has 0 aliphatic carbocycles. The van der Waals surface area contributed by atoms with E-state index < -0.39 is 5.60 Å². The van der Waals surface area contributed by atoms with E-state index in [0.717, 1.165) is 0 Å². The number of hydrogen-bond acceptors (Lipinski definition) is 9. The van der Waals surface area contributed by atoms with Gasteiger partial charge in [-0.1, -0.05) is 0 Å². The molecule has 1 fully saturated rings. The molecule has 0 saturated carbocycles. The zero-order valence-corrected chi connectivity index (χ0v) is 11.5. The van der Waals surface area contributed by atoms with Crippen molar-refractivity contribution in [1.82, 2.24) is 29.7 Å². The third-order valence-electron chi connectivity index (χ3n) is 3.48. The van der Waals surface area contributed by atoms with Crippen molar-refractivity contribution in [2.24, 2.45) is 0 Å². The molecule has 1 saturated heterocycles. The summed E-state index contributed by atoms with van der Waals surface area (Å²) in [5.41, 5.74) is 4.71. The molecule has 10 heteroatoms. The van der Waals surface area contributed by atoms with Crippen molar-refractivity contribution in [3.8, 4) is 5.95 Å². The van der Waals surface area contributed by atoms with Crippen molar-refractivity contribution in [3.63, 3.8) is 0 Å². The number of nitrogen functional groups attached to an aromatic ring is 1. The summed E-state index contributed by atoms with van der Waals surface area (Å²) in [5.74, 6) is 0.575. The van der Waals surface area contributed by atoms with Crippen LogP contribution in [0.4, 0.5) is 11.9 Å². The summed E-state index contributed by atoms with van der Waals surface area (Å²) >= 11 is 0. The highest BCUT2D eigenvalue weighted by molar-refractivity contribution is 5.35. The topological polar surface area (TPSA) is 137 Å². The smallest absolute Gasteiger partial charge is 0.258 e. The lowest BCUT2D eigenvalue weighted by Crippen LogP contribution is -2.43. The van der Waals surface area contributed by atoms with Gasteiger partial charge in [0, 0.05) is 19.6 Å². The van der Waals surface area contributed by atoms with Gasteiger partial charge in [0.15, 0.2) is 0 Å². The molecule has 0 aromatic carbocycles. The van der Waals surface area contributed by atoms with Crippen molar-refractivity contribution in [2.75, 3.05) is 24.2 Å². The molecule has 2 atom stereocenters. The fourth-order valence-electron chi connectivity index (χ4n) is 2.11. The highest BCUT2D eigenvalue weighted by atomic mass is 16.5. The molecule has 2 unspecified atom stereocenters. The van der Waals surface area contributed by atoms with Crippen molar-refractivity contribution >= 4 is 11.9 Å². The van der Waals surface area contributed by atoms with E-state index in [0.29, 0.717) is 13.0 Å². The Morgan fingerprint density at radius 2 is 2.38 bits per heavy atom. The first kappa shape index (κ1) is 13.6. The summed E-state index contributed by atoms with van der Waals surface area (Å²) in [6.45, 7) is 2.62. The first-order chi connectivity index (χ1) is 10.1. The van der Waals surface area contributed by atoms with Crippen LogP contribution in [0, 0.1) is 0 Å². The van der Waals surface area contributed by atoms with Crippen LogP contribution in [-0.2, 0) is 4.74 Å². The quantitative estimate of drug-likeness (QED) is 0.646. The molecule has 10 nitrogen and oxygen atoms in total. The monoisotopic (exact) mass is 292 g/mol. The molecule has 0 spiro atoms. The van der Waals surface area contributed by atoms with Gasteiger partial charge < -0.3 is 20.9 Å². The summed E-state index contributed by atoms with van der Waals surface area (Å²) in [6, 6.07) is 0. The van der Waals surface area contributed by atoms with E-state index in [1.54, 1.807) is 0 Å². The minimum Gasteiger partial charge on any atom is -0.385 e. The van der Waals surface area contributed by atoms with Crippen molar-refractivity contribution in [2.45, 2.75) is 25.0 Å². The molecule has 112 valence electrons. The molecule has 0 amide bonds. The Labute approximate surface area is 120 Å². The zero-order chi connectivity index (χ0) is 14.9. The van der Waals surface area contributed by atoms with Gasteiger partial charge in [-0.05, 0) is 6.92 Å². The Morgan fingerprint density at radius 1 is 1.52 bits per heavy atom. The zero-order valence-electron chi connectivity index (χ0n) is 11.5. The lowest BCUT2D eigenvalue weighted by atomic mass is 9.97. The first-order valence-corrected chi connectivity index (χ1v) is 6.51. The number of aromatic nitrogens is 6. The number of nitrogens with zero attached hydrogens (tertiary/aromatic N) is 6. The van der Waals surface area contributed by atoms with Crippen LogP contribution in [0.5, 0.6) is 0 Å². The van der Waals surface area contributed by atoms with Crippen LogP contribution in [0.3, 0.4) is 0 Å². The Bertz CT molecular complexity index is 619. The number of anilines is 2. The van der Waals surface area contributed by atoms with Gasteiger partial charge in [0.1, 0.15) is 18.3 Å². The molecule has 0 bridgehead atoms. The Kier molecular flexibility index (Phi) is 3.39. The molecule has 1 aliphatic heterocycles. The number of hydrogen-bond donors (Lipinski definition) is 3. The number of aliphatic hydroxyl groups is 1. The normalized spacial score (nSPS) is 25.1. The van der Waals surface area contributed by atoms with Gasteiger partial charge in [-0.25, -0.2) is 4.98 Å². The summed E-state index contributed by atoms with van der Waals surface area (Å²) in [4.78, 5) is 16.0. The van der Waals surface area contributed by atoms with Crippen LogP contribution in [0.1, 0.15) is 13.3 Å². The van der Waals surface area contributed by atoms with Crippen LogP contribution in [0.15, 0.2) is 12.7 Å². The number of nitrogens with one attached hydrogen (secondary N) is 1. The molecule has 2 aromatic rings. The largest absolute Gasteiger partial charge is 0.385 e. The second-order valence-electron chi connectivity index (χ2n) is 4.88. The van der Waals surface area contributed by atoms with Gasteiger partial charge in [0.25, 0.3) is 5.95 Å². The molecule has 0 radical (unpaired) electrons. The average Bonchev–Trinajstić information content (AvgIpc) is 3.08. The second-order valence-corrected chi connectivity index (χ2v) is 4.88. The summed E-state index contributed by atoms with van der Waals surface area (Å²) in [7, 11) is 0.